The maximum atomic E-state index is 13.1. The third-order valence-corrected chi connectivity index (χ3v) is 6.90. The monoisotopic (exact) mass is 358 g/mol. The standard InChI is InChI=1S/C19H19FN2O2S/c20-15-3-1-13(2-4-15)16-5-6-17(25-16)22-12-19(24-18(22)23)11-21-9-7-14(19)8-10-21/h1-6,14H,7-12H2. The molecule has 1 amide bonds. The van der Waals surface area contributed by atoms with Crippen molar-refractivity contribution in [2.24, 2.45) is 5.92 Å². The van der Waals surface area contributed by atoms with E-state index in [9.17, 15) is 9.18 Å². The minimum atomic E-state index is -0.340. The van der Waals surface area contributed by atoms with Gasteiger partial charge in [0.05, 0.1) is 6.54 Å². The van der Waals surface area contributed by atoms with Gasteiger partial charge in [0.2, 0.25) is 0 Å². The Kier molecular flexibility index (Phi) is 3.40. The number of carbonyl (C=O) groups is 1. The van der Waals surface area contributed by atoms with Crippen molar-refractivity contribution >= 4 is 22.4 Å². The van der Waals surface area contributed by atoms with Gasteiger partial charge < -0.3 is 4.74 Å². The summed E-state index contributed by atoms with van der Waals surface area (Å²) in [6.07, 6.45) is 2.00. The van der Waals surface area contributed by atoms with Gasteiger partial charge in [-0.15, -0.1) is 11.3 Å². The van der Waals surface area contributed by atoms with Crippen molar-refractivity contribution in [3.8, 4) is 10.4 Å². The number of fused-ring (bicyclic) bond motifs is 2. The fourth-order valence-electron chi connectivity index (χ4n) is 4.42. The van der Waals surface area contributed by atoms with E-state index >= 15 is 0 Å². The van der Waals surface area contributed by atoms with Crippen LogP contribution < -0.4 is 4.90 Å². The molecule has 4 aliphatic heterocycles. The van der Waals surface area contributed by atoms with Crippen LogP contribution in [-0.4, -0.2) is 42.8 Å². The molecule has 4 nitrogen and oxygen atoms in total. The van der Waals surface area contributed by atoms with Crippen LogP contribution in [0.4, 0.5) is 14.2 Å². The number of anilines is 1. The summed E-state index contributed by atoms with van der Waals surface area (Å²) >= 11 is 1.55. The summed E-state index contributed by atoms with van der Waals surface area (Å²) < 4.78 is 19.0. The minimum absolute atomic E-state index is 0.235. The van der Waals surface area contributed by atoms with Crippen molar-refractivity contribution in [3.05, 3.63) is 42.2 Å². The van der Waals surface area contributed by atoms with Gasteiger partial charge in [0.15, 0.2) is 0 Å². The Morgan fingerprint density at radius 2 is 1.84 bits per heavy atom. The van der Waals surface area contributed by atoms with Crippen LogP contribution in [0.5, 0.6) is 0 Å². The lowest BCUT2D eigenvalue weighted by molar-refractivity contribution is -0.0881. The Bertz CT molecular complexity index is 813. The number of benzene rings is 1. The van der Waals surface area contributed by atoms with Crippen molar-refractivity contribution < 1.29 is 13.9 Å². The molecule has 2 bridgehead atoms. The molecule has 1 aromatic heterocycles. The predicted molar refractivity (Wildman–Crippen MR) is 95.4 cm³/mol. The summed E-state index contributed by atoms with van der Waals surface area (Å²) in [5.74, 6) is 0.232. The lowest BCUT2D eigenvalue weighted by atomic mass is 9.75. The number of amides is 1. The van der Waals surface area contributed by atoms with Gasteiger partial charge >= 0.3 is 6.09 Å². The average Bonchev–Trinajstić information content (AvgIpc) is 3.22. The van der Waals surface area contributed by atoms with Gasteiger partial charge in [-0.25, -0.2) is 9.18 Å². The average molecular weight is 358 g/mol. The number of halogens is 1. The molecule has 4 aliphatic rings. The molecule has 1 aromatic carbocycles. The molecular weight excluding hydrogens is 339 g/mol. The zero-order valence-corrected chi connectivity index (χ0v) is 14.6. The van der Waals surface area contributed by atoms with Crippen molar-refractivity contribution in [1.29, 1.82) is 0 Å². The fourth-order valence-corrected chi connectivity index (χ4v) is 5.42. The zero-order chi connectivity index (χ0) is 17.0. The van der Waals surface area contributed by atoms with Gasteiger partial charge in [0, 0.05) is 17.3 Å². The highest BCUT2D eigenvalue weighted by molar-refractivity contribution is 7.19. The van der Waals surface area contributed by atoms with Crippen LogP contribution >= 0.6 is 11.3 Å². The van der Waals surface area contributed by atoms with Gasteiger partial charge in [-0.3, -0.25) is 9.80 Å². The van der Waals surface area contributed by atoms with E-state index in [1.165, 1.54) is 12.1 Å². The third kappa shape index (κ3) is 2.47. The Morgan fingerprint density at radius 3 is 2.52 bits per heavy atom. The highest BCUT2D eigenvalue weighted by atomic mass is 32.1. The number of nitrogens with zero attached hydrogens (tertiary/aromatic N) is 2. The molecule has 0 N–H and O–H groups in total. The highest BCUT2D eigenvalue weighted by Gasteiger charge is 2.55. The SMILES string of the molecule is O=C1OC2(CN3CCC2CC3)CN1c1ccc(-c2ccc(F)cc2)s1. The Balaban J connectivity index is 1.41. The predicted octanol–water partition coefficient (Wildman–Crippen LogP) is 3.98. The van der Waals surface area contributed by atoms with Gasteiger partial charge in [-0.1, -0.05) is 12.1 Å². The Morgan fingerprint density at radius 1 is 1.08 bits per heavy atom. The van der Waals surface area contributed by atoms with Gasteiger partial charge in [-0.05, 0) is 55.8 Å². The summed E-state index contributed by atoms with van der Waals surface area (Å²) in [4.78, 5) is 17.8. The third-order valence-electron chi connectivity index (χ3n) is 5.75. The summed E-state index contributed by atoms with van der Waals surface area (Å²) in [6.45, 7) is 3.74. The van der Waals surface area contributed by atoms with E-state index in [4.69, 9.17) is 4.74 Å². The van der Waals surface area contributed by atoms with E-state index < -0.39 is 0 Å². The maximum Gasteiger partial charge on any atom is 0.415 e. The van der Waals surface area contributed by atoms with E-state index in [-0.39, 0.29) is 17.5 Å². The van der Waals surface area contributed by atoms with E-state index in [0.717, 1.165) is 47.9 Å². The molecular formula is C19H19FN2O2S. The number of ether oxygens (including phenoxy) is 1. The maximum absolute atomic E-state index is 13.1. The first-order valence-electron chi connectivity index (χ1n) is 8.72. The smallest absolute Gasteiger partial charge is 0.415 e. The quantitative estimate of drug-likeness (QED) is 0.814. The molecule has 1 spiro atoms. The summed E-state index contributed by atoms with van der Waals surface area (Å²) in [5.41, 5.74) is 0.621. The Hall–Kier alpha value is -1.92. The fraction of sp³-hybridized carbons (Fsp3) is 0.421. The molecule has 130 valence electrons. The van der Waals surface area contributed by atoms with Crippen LogP contribution in [0, 0.1) is 11.7 Å². The molecule has 4 saturated heterocycles. The van der Waals surface area contributed by atoms with Crippen molar-refractivity contribution in [1.82, 2.24) is 4.90 Å². The first-order valence-corrected chi connectivity index (χ1v) is 9.53. The van der Waals surface area contributed by atoms with Crippen LogP contribution in [0.3, 0.4) is 0 Å². The molecule has 0 radical (unpaired) electrons. The summed E-state index contributed by atoms with van der Waals surface area (Å²) in [5, 5.41) is 0.901. The van der Waals surface area contributed by atoms with Crippen LogP contribution in [0.25, 0.3) is 10.4 Å². The number of piperidine rings is 3. The van der Waals surface area contributed by atoms with Crippen molar-refractivity contribution in [2.45, 2.75) is 18.4 Å². The van der Waals surface area contributed by atoms with Crippen LogP contribution in [0.1, 0.15) is 12.8 Å². The number of thiophene rings is 1. The van der Waals surface area contributed by atoms with Crippen LogP contribution in [0.15, 0.2) is 36.4 Å². The molecule has 6 rings (SSSR count). The van der Waals surface area contributed by atoms with E-state index in [1.807, 2.05) is 12.1 Å². The van der Waals surface area contributed by atoms with Crippen molar-refractivity contribution in [3.63, 3.8) is 0 Å². The van der Waals surface area contributed by atoms with Crippen molar-refractivity contribution in [2.75, 3.05) is 31.1 Å². The largest absolute Gasteiger partial charge is 0.439 e. The molecule has 0 saturated carbocycles. The molecule has 1 atom stereocenters. The molecule has 2 aromatic rings. The first kappa shape index (κ1) is 15.3. The number of carbonyl (C=O) groups excluding carboxylic acids is 1. The van der Waals surface area contributed by atoms with Crippen LogP contribution in [-0.2, 0) is 4.74 Å². The second-order valence-corrected chi connectivity index (χ2v) is 8.28. The minimum Gasteiger partial charge on any atom is -0.439 e. The number of rotatable bonds is 2. The lowest BCUT2D eigenvalue weighted by Gasteiger charge is -2.49. The number of hydrogen-bond donors (Lipinski definition) is 0. The molecule has 6 heteroatoms. The number of hydrogen-bond acceptors (Lipinski definition) is 4. The van der Waals surface area contributed by atoms with Gasteiger partial charge in [0.25, 0.3) is 0 Å². The normalized spacial score (nSPS) is 30.9. The lowest BCUT2D eigenvalue weighted by Crippen LogP contribution is -2.61. The van der Waals surface area contributed by atoms with E-state index in [0.29, 0.717) is 12.5 Å². The topological polar surface area (TPSA) is 32.8 Å². The second kappa shape index (κ2) is 5.54. The Labute approximate surface area is 149 Å². The molecule has 4 fully saturated rings. The second-order valence-electron chi connectivity index (χ2n) is 7.21. The summed E-state index contributed by atoms with van der Waals surface area (Å²) in [7, 11) is 0. The molecule has 0 aliphatic carbocycles. The first-order chi connectivity index (χ1) is 12.1. The molecule has 25 heavy (non-hydrogen) atoms. The van der Waals surface area contributed by atoms with Gasteiger partial charge in [0.1, 0.15) is 16.4 Å². The highest BCUT2D eigenvalue weighted by Crippen LogP contribution is 2.45. The molecule has 1 unspecified atom stereocenters. The van der Waals surface area contributed by atoms with Crippen LogP contribution in [0.2, 0.25) is 0 Å². The van der Waals surface area contributed by atoms with E-state index in [2.05, 4.69) is 4.90 Å². The summed E-state index contributed by atoms with van der Waals surface area (Å²) in [6, 6.07) is 10.4. The zero-order valence-electron chi connectivity index (χ0n) is 13.8. The van der Waals surface area contributed by atoms with E-state index in [1.54, 1.807) is 28.4 Å². The van der Waals surface area contributed by atoms with Gasteiger partial charge in [-0.2, -0.15) is 0 Å². The molecule has 5 heterocycles.